The van der Waals surface area contributed by atoms with Crippen LogP contribution in [0.4, 0.5) is 11.4 Å². The van der Waals surface area contributed by atoms with Crippen LogP contribution in [0.5, 0.6) is 0 Å². The van der Waals surface area contributed by atoms with Crippen molar-refractivity contribution in [3.05, 3.63) is 32.8 Å². The SMILES string of the molecule is CC(C)(C)C1CCCCC1Nc1ccc(Br)c([N+](=O)[O-])c1. The molecule has 0 spiro atoms. The van der Waals surface area contributed by atoms with Gasteiger partial charge in [0.1, 0.15) is 0 Å². The predicted octanol–water partition coefficient (Wildman–Crippen LogP) is 5.37. The fraction of sp³-hybridized carbons (Fsp3) is 0.625. The number of hydrogen-bond acceptors (Lipinski definition) is 3. The van der Waals surface area contributed by atoms with Crippen LogP contribution in [0.2, 0.25) is 0 Å². The average molecular weight is 355 g/mol. The minimum Gasteiger partial charge on any atom is -0.382 e. The van der Waals surface area contributed by atoms with Crippen LogP contribution in [0, 0.1) is 21.4 Å². The summed E-state index contributed by atoms with van der Waals surface area (Å²) in [4.78, 5) is 10.7. The van der Waals surface area contributed by atoms with Crippen LogP contribution in [0.15, 0.2) is 22.7 Å². The maximum Gasteiger partial charge on any atom is 0.285 e. The Balaban J connectivity index is 2.20. The molecule has 2 rings (SSSR count). The van der Waals surface area contributed by atoms with E-state index in [9.17, 15) is 10.1 Å². The maximum atomic E-state index is 11.0. The zero-order valence-electron chi connectivity index (χ0n) is 12.9. The summed E-state index contributed by atoms with van der Waals surface area (Å²) >= 11 is 3.23. The molecule has 0 radical (unpaired) electrons. The van der Waals surface area contributed by atoms with Crippen molar-refractivity contribution in [2.45, 2.75) is 52.5 Å². The quantitative estimate of drug-likeness (QED) is 0.585. The third-order valence-corrected chi connectivity index (χ3v) is 5.04. The number of halogens is 1. The van der Waals surface area contributed by atoms with Gasteiger partial charge >= 0.3 is 0 Å². The van der Waals surface area contributed by atoms with Crippen molar-refractivity contribution >= 4 is 27.3 Å². The number of hydrogen-bond donors (Lipinski definition) is 1. The third kappa shape index (κ3) is 3.96. The van der Waals surface area contributed by atoms with Crippen molar-refractivity contribution in [2.24, 2.45) is 11.3 Å². The first kappa shape index (κ1) is 16.3. The Kier molecular flexibility index (Phi) is 4.91. The van der Waals surface area contributed by atoms with Crippen LogP contribution in [0.3, 0.4) is 0 Å². The molecule has 21 heavy (non-hydrogen) atoms. The van der Waals surface area contributed by atoms with Gasteiger partial charge in [-0.15, -0.1) is 0 Å². The van der Waals surface area contributed by atoms with E-state index in [4.69, 9.17) is 0 Å². The smallest absolute Gasteiger partial charge is 0.285 e. The molecule has 0 saturated heterocycles. The van der Waals surface area contributed by atoms with Gasteiger partial charge in [0, 0.05) is 17.8 Å². The molecule has 2 atom stereocenters. The Morgan fingerprint density at radius 2 is 1.95 bits per heavy atom. The first-order chi connectivity index (χ1) is 9.79. The lowest BCUT2D eigenvalue weighted by Crippen LogP contribution is -2.39. The van der Waals surface area contributed by atoms with Crippen molar-refractivity contribution in [3.8, 4) is 0 Å². The van der Waals surface area contributed by atoms with Gasteiger partial charge in [-0.25, -0.2) is 0 Å². The molecule has 4 nitrogen and oxygen atoms in total. The van der Waals surface area contributed by atoms with E-state index in [1.165, 1.54) is 19.3 Å². The molecule has 1 aliphatic carbocycles. The standard InChI is InChI=1S/C16H23BrN2O2/c1-16(2,3)12-6-4-5-7-14(12)18-11-8-9-13(17)15(10-11)19(20)21/h8-10,12,14,18H,4-7H2,1-3H3. The Hall–Kier alpha value is -1.10. The summed E-state index contributed by atoms with van der Waals surface area (Å²) < 4.78 is 0.522. The van der Waals surface area contributed by atoms with Gasteiger partial charge in [0.2, 0.25) is 0 Å². The van der Waals surface area contributed by atoms with Crippen molar-refractivity contribution in [1.29, 1.82) is 0 Å². The highest BCUT2D eigenvalue weighted by Crippen LogP contribution is 2.39. The molecule has 1 saturated carbocycles. The number of nitrogens with zero attached hydrogens (tertiary/aromatic N) is 1. The molecule has 1 aliphatic rings. The fourth-order valence-electron chi connectivity index (χ4n) is 3.30. The molecule has 1 fully saturated rings. The van der Waals surface area contributed by atoms with E-state index >= 15 is 0 Å². The normalized spacial score (nSPS) is 22.9. The zero-order valence-corrected chi connectivity index (χ0v) is 14.4. The number of nitro benzene ring substituents is 1. The molecule has 2 unspecified atom stereocenters. The molecule has 0 aromatic heterocycles. The van der Waals surface area contributed by atoms with Gasteiger partial charge in [-0.3, -0.25) is 10.1 Å². The molecule has 0 amide bonds. The Bertz CT molecular complexity index is 525. The Morgan fingerprint density at radius 3 is 2.57 bits per heavy atom. The van der Waals surface area contributed by atoms with Gasteiger partial charge in [-0.05, 0) is 52.2 Å². The third-order valence-electron chi connectivity index (χ3n) is 4.37. The zero-order chi connectivity index (χ0) is 15.6. The molecular weight excluding hydrogens is 332 g/mol. The summed E-state index contributed by atoms with van der Waals surface area (Å²) in [6, 6.07) is 5.67. The van der Waals surface area contributed by atoms with E-state index in [-0.39, 0.29) is 16.0 Å². The lowest BCUT2D eigenvalue weighted by atomic mass is 9.69. The van der Waals surface area contributed by atoms with Gasteiger partial charge in [0.15, 0.2) is 0 Å². The van der Waals surface area contributed by atoms with Crippen LogP contribution in [-0.2, 0) is 0 Å². The Morgan fingerprint density at radius 1 is 1.29 bits per heavy atom. The Labute approximate surface area is 134 Å². The van der Waals surface area contributed by atoms with Gasteiger partial charge in [-0.2, -0.15) is 0 Å². The largest absolute Gasteiger partial charge is 0.382 e. The van der Waals surface area contributed by atoms with Crippen molar-refractivity contribution in [2.75, 3.05) is 5.32 Å². The number of nitro groups is 1. The molecule has 116 valence electrons. The van der Waals surface area contributed by atoms with Crippen molar-refractivity contribution in [1.82, 2.24) is 0 Å². The summed E-state index contributed by atoms with van der Waals surface area (Å²) in [5, 5.41) is 14.6. The molecule has 0 aliphatic heterocycles. The van der Waals surface area contributed by atoms with Crippen LogP contribution < -0.4 is 5.32 Å². The minimum absolute atomic E-state index is 0.114. The molecular formula is C16H23BrN2O2. The number of nitrogens with one attached hydrogen (secondary N) is 1. The van der Waals surface area contributed by atoms with Crippen LogP contribution in [0.25, 0.3) is 0 Å². The lowest BCUT2D eigenvalue weighted by molar-refractivity contribution is -0.385. The number of rotatable bonds is 3. The van der Waals surface area contributed by atoms with Crippen LogP contribution >= 0.6 is 15.9 Å². The van der Waals surface area contributed by atoms with E-state index in [0.29, 0.717) is 16.4 Å². The first-order valence-corrected chi connectivity index (χ1v) is 8.29. The summed E-state index contributed by atoms with van der Waals surface area (Å²) in [6.07, 6.45) is 4.86. The molecule has 0 heterocycles. The molecule has 1 aromatic rings. The van der Waals surface area contributed by atoms with E-state index in [1.54, 1.807) is 12.1 Å². The number of benzene rings is 1. The van der Waals surface area contributed by atoms with Crippen molar-refractivity contribution < 1.29 is 4.92 Å². The van der Waals surface area contributed by atoms with E-state index in [0.717, 1.165) is 12.1 Å². The molecule has 0 bridgehead atoms. The maximum absolute atomic E-state index is 11.0. The second-order valence-electron chi connectivity index (χ2n) is 6.93. The van der Waals surface area contributed by atoms with Crippen LogP contribution in [0.1, 0.15) is 46.5 Å². The topological polar surface area (TPSA) is 55.2 Å². The summed E-state index contributed by atoms with van der Waals surface area (Å²) in [6.45, 7) is 6.84. The summed E-state index contributed by atoms with van der Waals surface area (Å²) in [5.74, 6) is 0.592. The van der Waals surface area contributed by atoms with Gasteiger partial charge in [0.25, 0.3) is 5.69 Å². The van der Waals surface area contributed by atoms with E-state index in [2.05, 4.69) is 42.0 Å². The number of anilines is 1. The van der Waals surface area contributed by atoms with Gasteiger partial charge in [-0.1, -0.05) is 33.6 Å². The molecule has 1 aromatic carbocycles. The average Bonchev–Trinajstić information content (AvgIpc) is 2.40. The second-order valence-corrected chi connectivity index (χ2v) is 7.79. The second kappa shape index (κ2) is 6.34. The van der Waals surface area contributed by atoms with Crippen LogP contribution in [-0.4, -0.2) is 11.0 Å². The molecule has 1 N–H and O–H groups in total. The lowest BCUT2D eigenvalue weighted by Gasteiger charge is -2.41. The van der Waals surface area contributed by atoms with E-state index in [1.807, 2.05) is 6.07 Å². The highest BCUT2D eigenvalue weighted by molar-refractivity contribution is 9.10. The molecule has 5 heteroatoms. The minimum atomic E-state index is -0.350. The summed E-state index contributed by atoms with van der Waals surface area (Å²) in [5.41, 5.74) is 1.20. The predicted molar refractivity (Wildman–Crippen MR) is 89.6 cm³/mol. The monoisotopic (exact) mass is 354 g/mol. The highest BCUT2D eigenvalue weighted by atomic mass is 79.9. The fourth-order valence-corrected chi connectivity index (χ4v) is 3.69. The van der Waals surface area contributed by atoms with Gasteiger partial charge in [0.05, 0.1) is 9.40 Å². The highest BCUT2D eigenvalue weighted by Gasteiger charge is 2.34. The first-order valence-electron chi connectivity index (χ1n) is 7.49. The van der Waals surface area contributed by atoms with Gasteiger partial charge < -0.3 is 5.32 Å². The van der Waals surface area contributed by atoms with E-state index < -0.39 is 0 Å². The summed E-state index contributed by atoms with van der Waals surface area (Å²) in [7, 11) is 0. The van der Waals surface area contributed by atoms with Crippen molar-refractivity contribution in [3.63, 3.8) is 0 Å².